The van der Waals surface area contributed by atoms with Crippen molar-refractivity contribution in [1.82, 2.24) is 10.2 Å². The highest BCUT2D eigenvalue weighted by Crippen LogP contribution is 2.19. The van der Waals surface area contributed by atoms with Gasteiger partial charge in [-0.3, -0.25) is 4.79 Å². The number of carbonyl (C=O) groups excluding carboxylic acids is 3. The molecule has 1 aliphatic rings. The lowest BCUT2D eigenvalue weighted by Crippen LogP contribution is -2.46. The van der Waals surface area contributed by atoms with Crippen molar-refractivity contribution in [2.45, 2.75) is 12.8 Å². The van der Waals surface area contributed by atoms with Crippen LogP contribution in [0.25, 0.3) is 0 Å². The van der Waals surface area contributed by atoms with E-state index in [1.165, 1.54) is 18.2 Å². The maximum Gasteiger partial charge on any atom is 0.323 e. The molecular weight excluding hydrogens is 389 g/mol. The summed E-state index contributed by atoms with van der Waals surface area (Å²) in [6.45, 7) is 0.969. The molecule has 0 aromatic heterocycles. The first-order valence-corrected chi connectivity index (χ1v) is 9.66. The van der Waals surface area contributed by atoms with Crippen LogP contribution in [-0.4, -0.2) is 43.0 Å². The molecule has 8 nitrogen and oxygen atoms in total. The van der Waals surface area contributed by atoms with Crippen LogP contribution in [0, 0.1) is 11.7 Å². The second-order valence-corrected chi connectivity index (χ2v) is 6.97. The molecular formula is C21H24FN5O3. The number of para-hydroxylation sites is 1. The number of nitrogens with one attached hydrogen (secondary N) is 4. The van der Waals surface area contributed by atoms with Crippen LogP contribution in [0.15, 0.2) is 48.5 Å². The van der Waals surface area contributed by atoms with Crippen LogP contribution < -0.4 is 21.3 Å². The van der Waals surface area contributed by atoms with Gasteiger partial charge in [-0.25, -0.2) is 14.0 Å². The molecule has 1 heterocycles. The van der Waals surface area contributed by atoms with Gasteiger partial charge in [-0.1, -0.05) is 12.1 Å². The van der Waals surface area contributed by atoms with E-state index in [0.717, 1.165) is 12.8 Å². The number of hydrogen-bond acceptors (Lipinski definition) is 3. The van der Waals surface area contributed by atoms with Crippen LogP contribution in [0.1, 0.15) is 12.8 Å². The first-order valence-electron chi connectivity index (χ1n) is 9.66. The second-order valence-electron chi connectivity index (χ2n) is 6.97. The molecule has 1 fully saturated rings. The van der Waals surface area contributed by atoms with Gasteiger partial charge in [0.15, 0.2) is 0 Å². The van der Waals surface area contributed by atoms with Crippen molar-refractivity contribution in [3.63, 3.8) is 0 Å². The monoisotopic (exact) mass is 413 g/mol. The first-order chi connectivity index (χ1) is 14.5. The zero-order valence-corrected chi connectivity index (χ0v) is 16.6. The Hall–Kier alpha value is -3.62. The molecule has 0 radical (unpaired) electrons. The van der Waals surface area contributed by atoms with Gasteiger partial charge in [-0.15, -0.1) is 0 Å². The van der Waals surface area contributed by atoms with Gasteiger partial charge in [0.05, 0.1) is 11.6 Å². The molecule has 0 bridgehead atoms. The second kappa shape index (κ2) is 9.73. The molecule has 158 valence electrons. The Balaban J connectivity index is 1.53. The molecule has 1 atom stereocenters. The average molecular weight is 413 g/mol. The van der Waals surface area contributed by atoms with Crippen molar-refractivity contribution in [3.05, 3.63) is 54.3 Å². The molecule has 0 aliphatic carbocycles. The summed E-state index contributed by atoms with van der Waals surface area (Å²) in [6, 6.07) is 11.6. The van der Waals surface area contributed by atoms with Crippen LogP contribution in [-0.2, 0) is 4.79 Å². The third-order valence-corrected chi connectivity index (χ3v) is 4.84. The number of rotatable bonds is 4. The molecule has 30 heavy (non-hydrogen) atoms. The number of amides is 5. The molecule has 1 unspecified atom stereocenters. The van der Waals surface area contributed by atoms with E-state index in [2.05, 4.69) is 21.3 Å². The zero-order chi connectivity index (χ0) is 21.5. The minimum absolute atomic E-state index is 0.0587. The zero-order valence-electron chi connectivity index (χ0n) is 16.6. The van der Waals surface area contributed by atoms with E-state index < -0.39 is 11.8 Å². The van der Waals surface area contributed by atoms with Gasteiger partial charge in [0.1, 0.15) is 5.82 Å². The molecule has 2 aromatic carbocycles. The highest BCUT2D eigenvalue weighted by atomic mass is 19.1. The summed E-state index contributed by atoms with van der Waals surface area (Å²) in [4.78, 5) is 38.0. The van der Waals surface area contributed by atoms with Gasteiger partial charge in [0.25, 0.3) is 0 Å². The van der Waals surface area contributed by atoms with E-state index in [9.17, 15) is 18.8 Å². The van der Waals surface area contributed by atoms with Gasteiger partial charge >= 0.3 is 12.1 Å². The maximum atomic E-state index is 13.6. The molecule has 2 aromatic rings. The Bertz CT molecular complexity index is 919. The Kier molecular flexibility index (Phi) is 6.84. The highest BCUT2D eigenvalue weighted by molar-refractivity contribution is 6.00. The van der Waals surface area contributed by atoms with Crippen LogP contribution >= 0.6 is 0 Å². The largest absolute Gasteiger partial charge is 0.359 e. The standard InChI is InChI=1S/C21H24FN5O3/c1-23-19(28)14-5-4-12-27(13-14)21(30)25-16-10-8-15(9-11-16)24-20(29)26-18-7-3-2-6-17(18)22/h2-3,6-11,14H,4-5,12-13H2,1H3,(H,23,28)(H,25,30)(H2,24,26,29). The van der Waals surface area contributed by atoms with Gasteiger partial charge < -0.3 is 26.2 Å². The number of nitrogens with zero attached hydrogens (tertiary/aromatic N) is 1. The SMILES string of the molecule is CNC(=O)C1CCCN(C(=O)Nc2ccc(NC(=O)Nc3ccccc3F)cc2)C1. The van der Waals surface area contributed by atoms with Crippen molar-refractivity contribution in [2.75, 3.05) is 36.1 Å². The van der Waals surface area contributed by atoms with Gasteiger partial charge in [-0.05, 0) is 49.2 Å². The topological polar surface area (TPSA) is 103 Å². The predicted molar refractivity (Wildman–Crippen MR) is 113 cm³/mol. The minimum Gasteiger partial charge on any atom is -0.359 e. The number of benzene rings is 2. The lowest BCUT2D eigenvalue weighted by molar-refractivity contribution is -0.125. The van der Waals surface area contributed by atoms with Crippen molar-refractivity contribution < 1.29 is 18.8 Å². The molecule has 0 spiro atoms. The fourth-order valence-corrected chi connectivity index (χ4v) is 3.27. The van der Waals surface area contributed by atoms with Gasteiger partial charge in [-0.2, -0.15) is 0 Å². The lowest BCUT2D eigenvalue weighted by atomic mass is 9.97. The number of carbonyl (C=O) groups is 3. The Morgan fingerprint density at radius 1 is 0.967 bits per heavy atom. The van der Waals surface area contributed by atoms with Crippen molar-refractivity contribution in [3.8, 4) is 0 Å². The van der Waals surface area contributed by atoms with E-state index in [1.807, 2.05) is 0 Å². The summed E-state index contributed by atoms with van der Waals surface area (Å²) in [7, 11) is 1.59. The van der Waals surface area contributed by atoms with E-state index in [4.69, 9.17) is 0 Å². The number of likely N-dealkylation sites (tertiary alicyclic amines) is 1. The maximum absolute atomic E-state index is 13.6. The summed E-state index contributed by atoms with van der Waals surface area (Å²) in [5.74, 6) is -0.785. The first kappa shape index (κ1) is 21.1. The summed E-state index contributed by atoms with van der Waals surface area (Å²) < 4.78 is 13.6. The van der Waals surface area contributed by atoms with Gasteiger partial charge in [0, 0.05) is 31.5 Å². The molecule has 4 N–H and O–H groups in total. The quantitative estimate of drug-likeness (QED) is 0.617. The Morgan fingerprint density at radius 3 is 2.30 bits per heavy atom. The van der Waals surface area contributed by atoms with Crippen molar-refractivity contribution in [2.24, 2.45) is 5.92 Å². The third-order valence-electron chi connectivity index (χ3n) is 4.84. The smallest absolute Gasteiger partial charge is 0.323 e. The van der Waals surface area contributed by atoms with Crippen LogP contribution in [0.5, 0.6) is 0 Å². The van der Waals surface area contributed by atoms with Crippen LogP contribution in [0.3, 0.4) is 0 Å². The number of piperidine rings is 1. The fourth-order valence-electron chi connectivity index (χ4n) is 3.27. The average Bonchev–Trinajstić information content (AvgIpc) is 2.76. The van der Waals surface area contributed by atoms with Gasteiger partial charge in [0.2, 0.25) is 5.91 Å². The molecule has 9 heteroatoms. The number of urea groups is 2. The third kappa shape index (κ3) is 5.47. The Labute approximate surface area is 173 Å². The normalized spacial score (nSPS) is 15.8. The molecule has 5 amide bonds. The highest BCUT2D eigenvalue weighted by Gasteiger charge is 2.27. The summed E-state index contributed by atoms with van der Waals surface area (Å²) >= 11 is 0. The molecule has 3 rings (SSSR count). The number of halogens is 1. The van der Waals surface area contributed by atoms with E-state index in [1.54, 1.807) is 42.3 Å². The molecule has 1 aliphatic heterocycles. The number of hydrogen-bond donors (Lipinski definition) is 4. The Morgan fingerprint density at radius 2 is 1.63 bits per heavy atom. The van der Waals surface area contributed by atoms with Crippen molar-refractivity contribution in [1.29, 1.82) is 0 Å². The van der Waals surface area contributed by atoms with Crippen LogP contribution in [0.2, 0.25) is 0 Å². The molecule has 0 saturated carbocycles. The fraction of sp³-hybridized carbons (Fsp3) is 0.286. The lowest BCUT2D eigenvalue weighted by Gasteiger charge is -2.31. The van der Waals surface area contributed by atoms with E-state index >= 15 is 0 Å². The summed E-state index contributed by atoms with van der Waals surface area (Å²) in [6.07, 6.45) is 1.53. The summed E-state index contributed by atoms with van der Waals surface area (Å²) in [5, 5.41) is 10.5. The van der Waals surface area contributed by atoms with Crippen LogP contribution in [0.4, 0.5) is 31.0 Å². The van der Waals surface area contributed by atoms with Crippen molar-refractivity contribution >= 4 is 35.0 Å². The van der Waals surface area contributed by atoms with E-state index in [0.29, 0.717) is 24.5 Å². The number of anilines is 3. The summed E-state index contributed by atoms with van der Waals surface area (Å²) in [5.41, 5.74) is 1.12. The molecule has 1 saturated heterocycles. The minimum atomic E-state index is -0.578. The predicted octanol–water partition coefficient (Wildman–Crippen LogP) is 3.46. The van der Waals surface area contributed by atoms with E-state index in [-0.39, 0.29) is 23.5 Å².